The lowest BCUT2D eigenvalue weighted by Gasteiger charge is -2.20. The van der Waals surface area contributed by atoms with Crippen LogP contribution in [0.15, 0.2) is 263 Å². The van der Waals surface area contributed by atoms with Crippen LogP contribution in [-0.4, -0.2) is 0 Å². The van der Waals surface area contributed by atoms with Crippen LogP contribution >= 0.6 is 0 Å². The van der Waals surface area contributed by atoms with Gasteiger partial charge in [-0.3, -0.25) is 0 Å². The number of para-hydroxylation sites is 2. The highest BCUT2D eigenvalue weighted by Crippen LogP contribution is 2.50. The molecule has 0 unspecified atom stereocenters. The van der Waals surface area contributed by atoms with Crippen LogP contribution in [0.3, 0.4) is 0 Å². The molecule has 2 aromatic heterocycles. The Bertz CT molecular complexity index is 4660. The van der Waals surface area contributed by atoms with Gasteiger partial charge in [0, 0.05) is 33.0 Å². The minimum atomic E-state index is -0.740. The molecule has 68 heavy (non-hydrogen) atoms. The van der Waals surface area contributed by atoms with Crippen molar-refractivity contribution < 1.29 is 33.5 Å². The molecule has 0 saturated heterocycles. The summed E-state index contributed by atoms with van der Waals surface area (Å²) in [7, 11) is 0. The first-order valence-electron chi connectivity index (χ1n) is 30.8. The number of benzene rings is 11. The number of furan rings is 2. The quantitative estimate of drug-likeness (QED) is 0.142. The molecule has 0 bridgehead atoms. The van der Waals surface area contributed by atoms with E-state index in [2.05, 4.69) is 0 Å². The summed E-state index contributed by atoms with van der Waals surface area (Å²) < 4.78 is 178. The Labute approximate surface area is 419 Å². The molecule has 0 aliphatic heterocycles. The van der Waals surface area contributed by atoms with Crippen LogP contribution in [0.4, 0.5) is 0 Å². The molecule has 0 aliphatic rings. The molecule has 13 rings (SSSR count). The zero-order valence-electron chi connectivity index (χ0n) is 53.7. The van der Waals surface area contributed by atoms with Gasteiger partial charge in [-0.15, -0.1) is 0 Å². The van der Waals surface area contributed by atoms with E-state index >= 15 is 0 Å². The summed E-state index contributed by atoms with van der Waals surface area (Å²) in [6.07, 6.45) is 0. The van der Waals surface area contributed by atoms with Gasteiger partial charge in [-0.25, -0.2) is 0 Å². The molecular weight excluding hydrogens is 825 g/mol. The summed E-state index contributed by atoms with van der Waals surface area (Å²) in [6, 6.07) is 31.4. The lowest BCUT2D eigenvalue weighted by molar-refractivity contribution is 0.632. The molecule has 11 aromatic carbocycles. The first-order valence-corrected chi connectivity index (χ1v) is 21.8. The Hall–Kier alpha value is -8.98. The fraction of sp³-hybridized carbons (Fsp3) is 0. The van der Waals surface area contributed by atoms with Crippen molar-refractivity contribution in [2.45, 2.75) is 0 Å². The van der Waals surface area contributed by atoms with Crippen LogP contribution in [-0.2, 0) is 0 Å². The summed E-state index contributed by atoms with van der Waals surface area (Å²) in [5.74, 6) is 0.963. The van der Waals surface area contributed by atoms with E-state index in [0.717, 1.165) is 11.1 Å². The van der Waals surface area contributed by atoms with Crippen molar-refractivity contribution in [3.05, 3.63) is 254 Å². The lowest BCUT2D eigenvalue weighted by atomic mass is 9.83. The van der Waals surface area contributed by atoms with Gasteiger partial charge in [0.25, 0.3) is 0 Å². The normalized spacial score (nSPS) is 15.2. The maximum atomic E-state index is 9.99. The molecule has 318 valence electrons. The minimum Gasteiger partial charge on any atom is -0.455 e. The summed E-state index contributed by atoms with van der Waals surface area (Å²) in [4.78, 5) is 0. The highest BCUT2D eigenvalue weighted by atomic mass is 16.3. The van der Waals surface area contributed by atoms with Gasteiger partial charge >= 0.3 is 0 Å². The van der Waals surface area contributed by atoms with E-state index in [0.29, 0.717) is 55.7 Å². The van der Waals surface area contributed by atoms with Crippen molar-refractivity contribution >= 4 is 43.5 Å². The van der Waals surface area contributed by atoms with Gasteiger partial charge in [0.2, 0.25) is 0 Å². The van der Waals surface area contributed by atoms with E-state index in [4.69, 9.17) is 22.5 Å². The highest BCUT2D eigenvalue weighted by Gasteiger charge is 2.24. The number of fused-ring (bicyclic) bond motifs is 4. The predicted octanol–water partition coefficient (Wildman–Crippen LogP) is 18.8. The van der Waals surface area contributed by atoms with Gasteiger partial charge in [0.1, 0.15) is 22.7 Å². The van der Waals surface area contributed by atoms with E-state index in [1.54, 1.807) is 36.4 Å². The highest BCUT2D eigenvalue weighted by molar-refractivity contribution is 6.23. The molecule has 13 aromatic rings. The van der Waals surface area contributed by atoms with Crippen molar-refractivity contribution in [3.63, 3.8) is 0 Å². The summed E-state index contributed by atoms with van der Waals surface area (Å²) in [6.45, 7) is 0. The summed E-state index contributed by atoms with van der Waals surface area (Å²) in [5, 5.41) is 2.31. The van der Waals surface area contributed by atoms with Crippen LogP contribution in [0.1, 0.15) is 24.7 Å². The van der Waals surface area contributed by atoms with Gasteiger partial charge in [0.15, 0.2) is 0 Å². The largest absolute Gasteiger partial charge is 0.455 e. The first-order chi connectivity index (χ1) is 41.2. The van der Waals surface area contributed by atoms with E-state index < -0.39 is 131 Å². The van der Waals surface area contributed by atoms with E-state index in [9.17, 15) is 11.0 Å². The van der Waals surface area contributed by atoms with Crippen molar-refractivity contribution in [3.8, 4) is 89.4 Å². The van der Waals surface area contributed by atoms with E-state index in [1.807, 2.05) is 109 Å². The van der Waals surface area contributed by atoms with Crippen LogP contribution in [0, 0.1) is 0 Å². The van der Waals surface area contributed by atoms with Gasteiger partial charge < -0.3 is 8.83 Å². The molecule has 0 radical (unpaired) electrons. The van der Waals surface area contributed by atoms with Crippen molar-refractivity contribution in [2.75, 3.05) is 0 Å². The topological polar surface area (TPSA) is 26.3 Å². The zero-order chi connectivity index (χ0) is 60.6. The molecule has 2 heteroatoms. The molecule has 0 amide bonds. The SMILES string of the molecule is [2H]c1c([2H])c([2H])c(-c2c([2H])c([2H])c(-c3c4ccc(-c5c(-c6ccccc6)oc6ccccc56)cc4c(-c4c([2H])c([2H])c(-c5c([2H])c([2H])c([2H])c([2H])c5[2H])c([2H])c4[2H])c4ccc(-c5c(-c6ccccc6)oc6ccccc56)cc34)c([2H])c2[2H])c([2H])c1[2H]. The molecule has 2 heterocycles. The Kier molecular flexibility index (Phi) is 6.07. The number of hydrogen-bond acceptors (Lipinski definition) is 2. The Balaban J connectivity index is 1.23. The Morgan fingerprint density at radius 1 is 0.235 bits per heavy atom. The molecular formula is C66H42O2. The summed E-state index contributed by atoms with van der Waals surface area (Å²) in [5.41, 5.74) is 2.39. The van der Waals surface area contributed by atoms with Crippen LogP contribution in [0.5, 0.6) is 0 Å². The van der Waals surface area contributed by atoms with Crippen molar-refractivity contribution in [1.29, 1.82) is 0 Å². The third kappa shape index (κ3) is 6.73. The van der Waals surface area contributed by atoms with Crippen LogP contribution in [0.2, 0.25) is 0 Å². The predicted molar refractivity (Wildman–Crippen MR) is 284 cm³/mol. The maximum absolute atomic E-state index is 9.99. The lowest BCUT2D eigenvalue weighted by Crippen LogP contribution is -1.93. The third-order valence-electron chi connectivity index (χ3n) is 12.2. The second kappa shape index (κ2) is 16.5. The fourth-order valence-corrected chi connectivity index (χ4v) is 9.20. The van der Waals surface area contributed by atoms with Gasteiger partial charge in [-0.2, -0.15) is 0 Å². The molecule has 0 spiro atoms. The smallest absolute Gasteiger partial charge is 0.143 e. The average molecular weight is 885 g/mol. The molecule has 2 nitrogen and oxygen atoms in total. The molecule has 0 saturated carbocycles. The number of hydrogen-bond donors (Lipinski definition) is 0. The minimum absolute atomic E-state index is 0.108. The van der Waals surface area contributed by atoms with Crippen molar-refractivity contribution in [1.82, 2.24) is 0 Å². The molecule has 0 N–H and O–H groups in total. The fourth-order valence-electron chi connectivity index (χ4n) is 9.20. The Morgan fingerprint density at radius 2 is 0.588 bits per heavy atom. The molecule has 0 atom stereocenters. The van der Waals surface area contributed by atoms with E-state index in [-0.39, 0.29) is 43.8 Å². The van der Waals surface area contributed by atoms with Gasteiger partial charge in [-0.05, 0) is 101 Å². The molecule has 0 aliphatic carbocycles. The average Bonchev–Trinajstić information content (AvgIpc) is 0.790. The first kappa shape index (κ1) is 25.1. The number of rotatable bonds is 8. The van der Waals surface area contributed by atoms with Gasteiger partial charge in [-0.1, -0.05) is 230 Å². The summed E-state index contributed by atoms with van der Waals surface area (Å²) >= 11 is 0. The zero-order valence-corrected chi connectivity index (χ0v) is 35.7. The maximum Gasteiger partial charge on any atom is 0.143 e. The Morgan fingerprint density at radius 3 is 1.00 bits per heavy atom. The van der Waals surface area contributed by atoms with Crippen molar-refractivity contribution in [2.24, 2.45) is 0 Å². The van der Waals surface area contributed by atoms with Crippen LogP contribution in [0.25, 0.3) is 133 Å². The van der Waals surface area contributed by atoms with E-state index in [1.165, 1.54) is 0 Å². The van der Waals surface area contributed by atoms with Gasteiger partial charge in [0.05, 0.1) is 24.7 Å². The monoisotopic (exact) mass is 884 g/mol. The second-order valence-corrected chi connectivity index (χ2v) is 16.1. The second-order valence-electron chi connectivity index (χ2n) is 16.1. The molecule has 0 fully saturated rings. The van der Waals surface area contributed by atoms with Crippen LogP contribution < -0.4 is 0 Å². The third-order valence-corrected chi connectivity index (χ3v) is 12.2. The standard InChI is InChI=1S/C66H42O2/c1-5-17-43(18-6-1)45-29-33-47(34-30-45)61-53-39-37-52(64-56-26-14-16-28-60(56)68-66(64)50-23-11-4-12-24-50)42-58(53)62(48-35-31-46(32-36-48)44-19-7-2-8-20-44)54-40-38-51(41-57(54)61)63-55-25-13-15-27-59(55)67-65(63)49-21-9-3-10-22-49/h1-42H/i1D,2D,5D,6D,7D,8D,17D,18D,19D,20D,29D,30D,31D,32D,33D,34D,35D,36D.